The lowest BCUT2D eigenvalue weighted by molar-refractivity contribution is -0.116. The standard InChI is InChI=1S/C24H30N2O3/c1-16-6-5-12-24(2,3)20(16)11-13-25-26-23(29)18-8-4-7-17(14-18)9-10-21(27)19-15-22(19)28/h4,7-10,13-14,19,22,28H,5-6,11-12,15H2,1-3H3,(H,26,29). The van der Waals surface area contributed by atoms with E-state index in [1.807, 2.05) is 6.07 Å². The van der Waals surface area contributed by atoms with Crippen LogP contribution in [0.25, 0.3) is 6.08 Å². The Hall–Kier alpha value is -2.53. The van der Waals surface area contributed by atoms with E-state index in [0.717, 1.165) is 18.4 Å². The van der Waals surface area contributed by atoms with Gasteiger partial charge in [-0.05, 0) is 61.8 Å². The zero-order chi connectivity index (χ0) is 21.0. The minimum absolute atomic E-state index is 0.0767. The number of hydrogen-bond acceptors (Lipinski definition) is 4. The predicted molar refractivity (Wildman–Crippen MR) is 116 cm³/mol. The topological polar surface area (TPSA) is 78.8 Å². The molecule has 29 heavy (non-hydrogen) atoms. The number of aliphatic hydroxyl groups is 1. The normalized spacial score (nSPS) is 23.6. The van der Waals surface area contributed by atoms with Crippen LogP contribution in [0.5, 0.6) is 0 Å². The molecule has 1 aromatic rings. The highest BCUT2D eigenvalue weighted by molar-refractivity contribution is 5.98. The molecule has 0 aliphatic heterocycles. The van der Waals surface area contributed by atoms with Crippen molar-refractivity contribution >= 4 is 24.0 Å². The second-order valence-corrected chi connectivity index (χ2v) is 8.72. The maximum absolute atomic E-state index is 12.4. The van der Waals surface area contributed by atoms with Crippen molar-refractivity contribution < 1.29 is 14.7 Å². The molecule has 1 aromatic carbocycles. The van der Waals surface area contributed by atoms with E-state index in [2.05, 4.69) is 31.3 Å². The summed E-state index contributed by atoms with van der Waals surface area (Å²) in [6.07, 6.45) is 9.26. The molecule has 0 radical (unpaired) electrons. The fourth-order valence-electron chi connectivity index (χ4n) is 4.00. The first-order valence-corrected chi connectivity index (χ1v) is 10.3. The molecule has 154 valence electrons. The van der Waals surface area contributed by atoms with Gasteiger partial charge in [0.25, 0.3) is 5.91 Å². The van der Waals surface area contributed by atoms with Gasteiger partial charge in [0.15, 0.2) is 5.78 Å². The third-order valence-corrected chi connectivity index (χ3v) is 5.95. The van der Waals surface area contributed by atoms with Gasteiger partial charge in [0.05, 0.1) is 12.0 Å². The second kappa shape index (κ2) is 8.87. The number of nitrogens with zero attached hydrogens (tertiary/aromatic N) is 1. The van der Waals surface area contributed by atoms with Crippen molar-refractivity contribution in [1.29, 1.82) is 0 Å². The summed E-state index contributed by atoms with van der Waals surface area (Å²) in [7, 11) is 0. The molecule has 1 amide bonds. The summed E-state index contributed by atoms with van der Waals surface area (Å²) in [6, 6.07) is 7.03. The lowest BCUT2D eigenvalue weighted by Crippen LogP contribution is -2.21. The molecule has 5 heteroatoms. The van der Waals surface area contributed by atoms with Crippen molar-refractivity contribution in [3.05, 3.63) is 52.6 Å². The molecule has 2 N–H and O–H groups in total. The Kier molecular flexibility index (Phi) is 6.48. The van der Waals surface area contributed by atoms with Crippen LogP contribution in [-0.2, 0) is 4.79 Å². The van der Waals surface area contributed by atoms with E-state index in [1.54, 1.807) is 30.5 Å². The summed E-state index contributed by atoms with van der Waals surface area (Å²) >= 11 is 0. The fraction of sp³-hybridized carbons (Fsp3) is 0.458. The molecule has 0 saturated heterocycles. The summed E-state index contributed by atoms with van der Waals surface area (Å²) in [5.74, 6) is -0.624. The van der Waals surface area contributed by atoms with Gasteiger partial charge in [-0.15, -0.1) is 0 Å². The van der Waals surface area contributed by atoms with E-state index in [-0.39, 0.29) is 23.0 Å². The Morgan fingerprint density at radius 1 is 1.34 bits per heavy atom. The molecule has 0 heterocycles. The number of hydrogen-bond donors (Lipinski definition) is 2. The highest BCUT2D eigenvalue weighted by Crippen LogP contribution is 2.41. The number of nitrogens with one attached hydrogen (secondary N) is 1. The van der Waals surface area contributed by atoms with Crippen LogP contribution in [0.4, 0.5) is 0 Å². The van der Waals surface area contributed by atoms with Gasteiger partial charge in [-0.3, -0.25) is 9.59 Å². The maximum atomic E-state index is 12.4. The monoisotopic (exact) mass is 394 g/mol. The largest absolute Gasteiger partial charge is 0.392 e. The van der Waals surface area contributed by atoms with E-state index in [4.69, 9.17) is 0 Å². The lowest BCUT2D eigenvalue weighted by atomic mass is 9.72. The first kappa shape index (κ1) is 21.2. The zero-order valence-electron chi connectivity index (χ0n) is 17.4. The van der Waals surface area contributed by atoms with Crippen LogP contribution in [0.1, 0.15) is 68.8 Å². The third-order valence-electron chi connectivity index (χ3n) is 5.95. The SMILES string of the molecule is CC1=C(CC=NNC(=O)c2cccc(C=CC(=O)C3CC3O)c2)C(C)(C)CCC1. The average molecular weight is 395 g/mol. The molecule has 0 bridgehead atoms. The number of hydrazone groups is 1. The zero-order valence-corrected chi connectivity index (χ0v) is 17.4. The highest BCUT2D eigenvalue weighted by atomic mass is 16.3. The van der Waals surface area contributed by atoms with Gasteiger partial charge < -0.3 is 5.11 Å². The van der Waals surface area contributed by atoms with Crippen molar-refractivity contribution in [3.8, 4) is 0 Å². The van der Waals surface area contributed by atoms with Gasteiger partial charge in [0, 0.05) is 18.2 Å². The number of carbonyl (C=O) groups excluding carboxylic acids is 2. The summed E-state index contributed by atoms with van der Waals surface area (Å²) in [5.41, 5.74) is 6.87. The van der Waals surface area contributed by atoms with Crippen LogP contribution in [-0.4, -0.2) is 29.1 Å². The van der Waals surface area contributed by atoms with Crippen LogP contribution in [0.2, 0.25) is 0 Å². The van der Waals surface area contributed by atoms with Gasteiger partial charge in [-0.1, -0.05) is 43.2 Å². The van der Waals surface area contributed by atoms with E-state index in [9.17, 15) is 14.7 Å². The number of carbonyl (C=O) groups is 2. The molecule has 1 saturated carbocycles. The number of rotatable bonds is 7. The Bertz CT molecular complexity index is 880. The Morgan fingerprint density at radius 3 is 2.79 bits per heavy atom. The van der Waals surface area contributed by atoms with Crippen LogP contribution in [0, 0.1) is 11.3 Å². The van der Waals surface area contributed by atoms with E-state index < -0.39 is 6.10 Å². The Morgan fingerprint density at radius 2 is 2.10 bits per heavy atom. The first-order valence-electron chi connectivity index (χ1n) is 10.3. The van der Waals surface area contributed by atoms with Gasteiger partial charge in [-0.2, -0.15) is 5.10 Å². The summed E-state index contributed by atoms with van der Waals surface area (Å²) in [6.45, 7) is 6.73. The number of benzene rings is 1. The summed E-state index contributed by atoms with van der Waals surface area (Å²) < 4.78 is 0. The van der Waals surface area contributed by atoms with Crippen molar-refractivity contribution in [3.63, 3.8) is 0 Å². The third kappa shape index (κ3) is 5.51. The highest BCUT2D eigenvalue weighted by Gasteiger charge is 2.40. The van der Waals surface area contributed by atoms with Crippen LogP contribution in [0.3, 0.4) is 0 Å². The molecule has 1 fully saturated rings. The molecule has 0 spiro atoms. The molecule has 2 aliphatic carbocycles. The molecule has 5 nitrogen and oxygen atoms in total. The molecular formula is C24H30N2O3. The van der Waals surface area contributed by atoms with E-state index >= 15 is 0 Å². The summed E-state index contributed by atoms with van der Waals surface area (Å²) in [4.78, 5) is 24.2. The van der Waals surface area contributed by atoms with Crippen LogP contribution < -0.4 is 5.43 Å². The van der Waals surface area contributed by atoms with Gasteiger partial charge >= 0.3 is 0 Å². The van der Waals surface area contributed by atoms with Gasteiger partial charge in [0.2, 0.25) is 0 Å². The summed E-state index contributed by atoms with van der Waals surface area (Å²) in [5, 5.41) is 13.4. The minimum Gasteiger partial charge on any atom is -0.392 e. The Balaban J connectivity index is 1.56. The van der Waals surface area contributed by atoms with E-state index in [1.165, 1.54) is 30.1 Å². The predicted octanol–water partition coefficient (Wildman–Crippen LogP) is 4.28. The smallest absolute Gasteiger partial charge is 0.271 e. The molecule has 2 unspecified atom stereocenters. The molecular weight excluding hydrogens is 364 g/mol. The molecule has 2 atom stereocenters. The van der Waals surface area contributed by atoms with Crippen LogP contribution in [0.15, 0.2) is 46.6 Å². The molecule has 0 aromatic heterocycles. The van der Waals surface area contributed by atoms with Crippen molar-refractivity contribution in [2.24, 2.45) is 16.4 Å². The average Bonchev–Trinajstić information content (AvgIpc) is 3.41. The first-order chi connectivity index (χ1) is 13.8. The van der Waals surface area contributed by atoms with Crippen molar-refractivity contribution in [1.82, 2.24) is 5.43 Å². The number of ketones is 1. The number of allylic oxidation sites excluding steroid dienone is 3. The van der Waals surface area contributed by atoms with Crippen LogP contribution >= 0.6 is 0 Å². The molecule has 2 aliphatic rings. The number of amides is 1. The van der Waals surface area contributed by atoms with Gasteiger partial charge in [0.1, 0.15) is 0 Å². The van der Waals surface area contributed by atoms with E-state index in [0.29, 0.717) is 12.0 Å². The van der Waals surface area contributed by atoms with Crippen molar-refractivity contribution in [2.75, 3.05) is 0 Å². The minimum atomic E-state index is -0.499. The number of aliphatic hydroxyl groups excluding tert-OH is 1. The second-order valence-electron chi connectivity index (χ2n) is 8.72. The molecule has 3 rings (SSSR count). The fourth-order valence-corrected chi connectivity index (χ4v) is 4.00. The quantitative estimate of drug-likeness (QED) is 0.313. The maximum Gasteiger partial charge on any atom is 0.271 e. The lowest BCUT2D eigenvalue weighted by Gasteiger charge is -2.34. The van der Waals surface area contributed by atoms with Crippen molar-refractivity contribution in [2.45, 2.75) is 59.0 Å². The van der Waals surface area contributed by atoms with Gasteiger partial charge in [-0.25, -0.2) is 5.43 Å². The Labute approximate surface area is 172 Å².